The number of hydrogen-bond donors (Lipinski definition) is 0. The Labute approximate surface area is 214 Å². The van der Waals surface area contributed by atoms with Gasteiger partial charge in [-0.3, -0.25) is 4.79 Å². The molecule has 0 saturated heterocycles. The van der Waals surface area contributed by atoms with Gasteiger partial charge in [-0.2, -0.15) is 0 Å². The van der Waals surface area contributed by atoms with E-state index in [-0.39, 0.29) is 12.3 Å². The number of hydrogen-bond acceptors (Lipinski definition) is 5. The third-order valence-corrected chi connectivity index (χ3v) is 7.58. The number of benzene rings is 2. The Bertz CT molecular complexity index is 1370. The van der Waals surface area contributed by atoms with Crippen LogP contribution in [0.25, 0.3) is 22.2 Å². The number of carbonyl (C=O) groups is 1. The largest absolute Gasteiger partial charge is 0.383 e. The summed E-state index contributed by atoms with van der Waals surface area (Å²) in [7, 11) is 1.66. The van der Waals surface area contributed by atoms with Crippen LogP contribution in [-0.2, 0) is 35.3 Å². The van der Waals surface area contributed by atoms with Gasteiger partial charge in [0.2, 0.25) is 5.91 Å². The molecule has 1 aliphatic rings. The fourth-order valence-corrected chi connectivity index (χ4v) is 5.46. The highest BCUT2D eigenvalue weighted by atomic mass is 35.5. The molecule has 180 valence electrons. The molecule has 35 heavy (non-hydrogen) atoms. The Morgan fingerprint density at radius 1 is 1.11 bits per heavy atom. The Hall–Kier alpha value is -2.80. The van der Waals surface area contributed by atoms with Gasteiger partial charge >= 0.3 is 0 Å². The van der Waals surface area contributed by atoms with Crippen LogP contribution in [0.5, 0.6) is 0 Å². The standard InChI is InChI=1S/C28H28ClN3O2S/c1-18-30-25(17-35-18)15-27(33)32(10-11-34-2)16-23-13-22-12-20-4-3-5-21(20)14-26(22)31-28(23)19-6-8-24(29)9-7-19/h6-9,12-14,17H,3-5,10-11,15-16H2,1-2H3. The molecule has 5 nitrogen and oxygen atoms in total. The number of carbonyl (C=O) groups excluding carboxylic acids is 1. The van der Waals surface area contributed by atoms with Crippen molar-refractivity contribution in [3.05, 3.63) is 80.3 Å². The van der Waals surface area contributed by atoms with Gasteiger partial charge in [-0.15, -0.1) is 11.3 Å². The van der Waals surface area contributed by atoms with Gasteiger partial charge in [0.1, 0.15) is 0 Å². The number of nitrogens with zero attached hydrogens (tertiary/aromatic N) is 3. The molecule has 7 heteroatoms. The molecule has 0 fully saturated rings. The number of methoxy groups -OCH3 is 1. The first-order valence-electron chi connectivity index (χ1n) is 11.9. The molecule has 1 amide bonds. The molecule has 1 aliphatic carbocycles. The highest BCUT2D eigenvalue weighted by Gasteiger charge is 2.20. The van der Waals surface area contributed by atoms with Gasteiger partial charge in [-0.25, -0.2) is 9.97 Å². The third-order valence-electron chi connectivity index (χ3n) is 6.50. The van der Waals surface area contributed by atoms with Crippen molar-refractivity contribution in [3.63, 3.8) is 0 Å². The molecule has 0 aliphatic heterocycles. The van der Waals surface area contributed by atoms with E-state index in [1.54, 1.807) is 18.4 Å². The first-order chi connectivity index (χ1) is 17.0. The van der Waals surface area contributed by atoms with Crippen LogP contribution < -0.4 is 0 Å². The maximum Gasteiger partial charge on any atom is 0.229 e. The predicted octanol–water partition coefficient (Wildman–Crippen LogP) is 6.03. The minimum atomic E-state index is 0.0310. The summed E-state index contributed by atoms with van der Waals surface area (Å²) in [4.78, 5) is 24.8. The van der Waals surface area contributed by atoms with Gasteiger partial charge in [0, 0.05) is 41.6 Å². The average Bonchev–Trinajstić information content (AvgIpc) is 3.48. The van der Waals surface area contributed by atoms with Crippen LogP contribution in [0.1, 0.15) is 33.8 Å². The molecule has 0 unspecified atom stereocenters. The van der Waals surface area contributed by atoms with Crippen molar-refractivity contribution in [2.75, 3.05) is 20.3 Å². The van der Waals surface area contributed by atoms with Gasteiger partial charge in [0.05, 0.1) is 34.9 Å². The van der Waals surface area contributed by atoms with Crippen molar-refractivity contribution < 1.29 is 9.53 Å². The minimum Gasteiger partial charge on any atom is -0.383 e. The summed E-state index contributed by atoms with van der Waals surface area (Å²) < 4.78 is 5.33. The van der Waals surface area contributed by atoms with Crippen LogP contribution in [0.3, 0.4) is 0 Å². The third kappa shape index (κ3) is 5.40. The van der Waals surface area contributed by atoms with Crippen LogP contribution in [0.2, 0.25) is 5.02 Å². The van der Waals surface area contributed by atoms with Crippen molar-refractivity contribution >= 4 is 39.7 Å². The maximum absolute atomic E-state index is 13.3. The van der Waals surface area contributed by atoms with E-state index in [0.717, 1.165) is 51.3 Å². The van der Waals surface area contributed by atoms with E-state index < -0.39 is 0 Å². The van der Waals surface area contributed by atoms with E-state index >= 15 is 0 Å². The summed E-state index contributed by atoms with van der Waals surface area (Å²) >= 11 is 7.73. The van der Waals surface area contributed by atoms with Crippen molar-refractivity contribution in [2.24, 2.45) is 0 Å². The molecular formula is C28H28ClN3O2S. The van der Waals surface area contributed by atoms with Crippen LogP contribution >= 0.6 is 22.9 Å². The molecule has 2 aromatic heterocycles. The lowest BCUT2D eigenvalue weighted by Gasteiger charge is -2.24. The second kappa shape index (κ2) is 10.4. The summed E-state index contributed by atoms with van der Waals surface area (Å²) in [6.45, 7) is 3.37. The fourth-order valence-electron chi connectivity index (χ4n) is 4.72. The molecule has 0 spiro atoms. The Balaban J connectivity index is 1.54. The number of pyridine rings is 1. The monoisotopic (exact) mass is 505 g/mol. The normalized spacial score (nSPS) is 12.8. The number of rotatable bonds is 8. The van der Waals surface area contributed by atoms with Crippen molar-refractivity contribution in [3.8, 4) is 11.3 Å². The molecule has 2 aromatic carbocycles. The molecule has 2 heterocycles. The number of aryl methyl sites for hydroxylation is 3. The topological polar surface area (TPSA) is 55.3 Å². The van der Waals surface area contributed by atoms with Gasteiger partial charge < -0.3 is 9.64 Å². The first kappa shape index (κ1) is 23.9. The van der Waals surface area contributed by atoms with Gasteiger partial charge in [-0.05, 0) is 73.2 Å². The van der Waals surface area contributed by atoms with Crippen LogP contribution in [-0.4, -0.2) is 41.0 Å². The van der Waals surface area contributed by atoms with Crippen molar-refractivity contribution in [1.29, 1.82) is 0 Å². The first-order valence-corrected chi connectivity index (χ1v) is 13.1. The Kier molecular flexibility index (Phi) is 7.14. The van der Waals surface area contributed by atoms with E-state index in [4.69, 9.17) is 21.3 Å². The SMILES string of the molecule is COCCN(Cc1cc2cc3c(cc2nc1-c1ccc(Cl)cc1)CCC3)C(=O)Cc1csc(C)n1. The quantitative estimate of drug-likeness (QED) is 0.293. The summed E-state index contributed by atoms with van der Waals surface area (Å²) in [5.74, 6) is 0.0310. The molecule has 0 N–H and O–H groups in total. The number of fused-ring (bicyclic) bond motifs is 2. The second-order valence-electron chi connectivity index (χ2n) is 9.01. The molecule has 0 atom stereocenters. The van der Waals surface area contributed by atoms with E-state index in [2.05, 4.69) is 23.2 Å². The van der Waals surface area contributed by atoms with Gasteiger partial charge in [-0.1, -0.05) is 23.7 Å². The highest BCUT2D eigenvalue weighted by molar-refractivity contribution is 7.09. The van der Waals surface area contributed by atoms with Gasteiger partial charge in [0.15, 0.2) is 0 Å². The average molecular weight is 506 g/mol. The van der Waals surface area contributed by atoms with Crippen molar-refractivity contribution in [2.45, 2.75) is 39.2 Å². The van der Waals surface area contributed by atoms with E-state index in [0.29, 0.717) is 24.7 Å². The van der Waals surface area contributed by atoms with Crippen LogP contribution in [0.15, 0.2) is 47.8 Å². The molecule has 0 saturated carbocycles. The number of thiazole rings is 1. The highest BCUT2D eigenvalue weighted by Crippen LogP contribution is 2.32. The summed E-state index contributed by atoms with van der Waals surface area (Å²) in [6.07, 6.45) is 3.70. The molecule has 5 rings (SSSR count). The lowest BCUT2D eigenvalue weighted by molar-refractivity contribution is -0.131. The lowest BCUT2D eigenvalue weighted by Crippen LogP contribution is -2.35. The van der Waals surface area contributed by atoms with E-state index in [9.17, 15) is 4.79 Å². The molecule has 0 bridgehead atoms. The molecule has 4 aromatic rings. The lowest BCUT2D eigenvalue weighted by atomic mass is 10.00. The van der Waals surface area contributed by atoms with Crippen LogP contribution in [0, 0.1) is 6.92 Å². The molecular weight excluding hydrogens is 478 g/mol. The van der Waals surface area contributed by atoms with Crippen LogP contribution in [0.4, 0.5) is 0 Å². The summed E-state index contributed by atoms with van der Waals surface area (Å²) in [5.41, 5.74) is 7.49. The number of halogens is 1. The zero-order chi connectivity index (χ0) is 24.4. The van der Waals surface area contributed by atoms with Crippen molar-refractivity contribution in [1.82, 2.24) is 14.9 Å². The zero-order valence-corrected chi connectivity index (χ0v) is 21.6. The van der Waals surface area contributed by atoms with Gasteiger partial charge in [0.25, 0.3) is 0 Å². The molecule has 0 radical (unpaired) electrons. The second-order valence-corrected chi connectivity index (χ2v) is 10.5. The Morgan fingerprint density at radius 2 is 1.89 bits per heavy atom. The number of aromatic nitrogens is 2. The predicted molar refractivity (Wildman–Crippen MR) is 142 cm³/mol. The summed E-state index contributed by atoms with van der Waals surface area (Å²) in [5, 5.41) is 4.73. The van der Waals surface area contributed by atoms with E-state index in [1.807, 2.05) is 41.5 Å². The maximum atomic E-state index is 13.3. The smallest absolute Gasteiger partial charge is 0.229 e. The number of amides is 1. The minimum absolute atomic E-state index is 0.0310. The Morgan fingerprint density at radius 3 is 2.60 bits per heavy atom. The van der Waals surface area contributed by atoms with E-state index in [1.165, 1.54) is 17.5 Å². The fraction of sp³-hybridized carbons (Fsp3) is 0.321. The number of ether oxygens (including phenoxy) is 1. The summed E-state index contributed by atoms with van der Waals surface area (Å²) in [6, 6.07) is 14.5. The zero-order valence-electron chi connectivity index (χ0n) is 20.0.